The molecule has 0 spiro atoms. The Morgan fingerprint density at radius 2 is 1.94 bits per heavy atom. The molecule has 0 unspecified atom stereocenters. The first kappa shape index (κ1) is 10.6. The molecule has 0 aliphatic heterocycles. The summed E-state index contributed by atoms with van der Waals surface area (Å²) in [6.45, 7) is 0.754. The van der Waals surface area contributed by atoms with Crippen LogP contribution in [0.4, 0.5) is 10.1 Å². The van der Waals surface area contributed by atoms with E-state index in [0.29, 0.717) is 0 Å². The molecule has 0 aliphatic carbocycles. The lowest BCUT2D eigenvalue weighted by Gasteiger charge is -2.19. The molecule has 2 nitrogen and oxygen atoms in total. The Labute approximate surface area is 94.4 Å². The molecule has 0 saturated carbocycles. The van der Waals surface area contributed by atoms with E-state index in [4.69, 9.17) is 0 Å². The van der Waals surface area contributed by atoms with E-state index in [2.05, 4.69) is 4.98 Å². The van der Waals surface area contributed by atoms with E-state index in [1.165, 1.54) is 17.8 Å². The van der Waals surface area contributed by atoms with Gasteiger partial charge in [0.15, 0.2) is 0 Å². The Morgan fingerprint density at radius 3 is 2.62 bits per heavy atom. The van der Waals surface area contributed by atoms with Crippen molar-refractivity contribution >= 4 is 5.69 Å². The van der Waals surface area contributed by atoms with Crippen molar-refractivity contribution in [2.45, 2.75) is 6.54 Å². The molecule has 82 valence electrons. The smallest absolute Gasteiger partial charge is 0.214 e. The van der Waals surface area contributed by atoms with Crippen molar-refractivity contribution in [3.8, 4) is 0 Å². The van der Waals surface area contributed by atoms with Gasteiger partial charge in [0.25, 0.3) is 0 Å². The first-order chi connectivity index (χ1) is 7.75. The summed E-state index contributed by atoms with van der Waals surface area (Å²) in [5.74, 6) is -0.447. The maximum atomic E-state index is 12.9. The third-order valence-electron chi connectivity index (χ3n) is 2.41. The number of hydrogen-bond acceptors (Lipinski definition) is 2. The van der Waals surface area contributed by atoms with Crippen LogP contribution in [-0.2, 0) is 6.54 Å². The van der Waals surface area contributed by atoms with Crippen LogP contribution in [0.25, 0.3) is 0 Å². The zero-order valence-corrected chi connectivity index (χ0v) is 9.10. The molecule has 2 rings (SSSR count). The molecule has 3 heteroatoms. The van der Waals surface area contributed by atoms with Crippen LogP contribution in [0.5, 0.6) is 0 Å². The standard InChI is InChI=1S/C13H13FN2/c1-16(10-11-5-3-2-4-6-11)12-7-8-15-13(14)9-12/h2-9H,10H2,1H3. The summed E-state index contributed by atoms with van der Waals surface area (Å²) in [5, 5.41) is 0. The maximum absolute atomic E-state index is 12.9. The second-order valence-corrected chi connectivity index (χ2v) is 3.68. The summed E-state index contributed by atoms with van der Waals surface area (Å²) in [4.78, 5) is 5.52. The van der Waals surface area contributed by atoms with E-state index in [0.717, 1.165) is 12.2 Å². The Kier molecular flexibility index (Phi) is 3.15. The summed E-state index contributed by atoms with van der Waals surface area (Å²) in [6.07, 6.45) is 1.48. The minimum atomic E-state index is -0.447. The lowest BCUT2D eigenvalue weighted by molar-refractivity contribution is 0.583. The number of nitrogens with zero attached hydrogens (tertiary/aromatic N) is 2. The molecule has 0 atom stereocenters. The fourth-order valence-corrected chi connectivity index (χ4v) is 1.58. The topological polar surface area (TPSA) is 16.1 Å². The largest absolute Gasteiger partial charge is 0.370 e. The van der Waals surface area contributed by atoms with Gasteiger partial charge >= 0.3 is 0 Å². The van der Waals surface area contributed by atoms with Crippen LogP contribution >= 0.6 is 0 Å². The normalized spacial score (nSPS) is 10.1. The van der Waals surface area contributed by atoms with E-state index in [1.54, 1.807) is 6.07 Å². The van der Waals surface area contributed by atoms with Crippen molar-refractivity contribution in [1.82, 2.24) is 4.98 Å². The Morgan fingerprint density at radius 1 is 1.19 bits per heavy atom. The second-order valence-electron chi connectivity index (χ2n) is 3.68. The quantitative estimate of drug-likeness (QED) is 0.733. The molecule has 1 heterocycles. The average Bonchev–Trinajstić information content (AvgIpc) is 2.30. The van der Waals surface area contributed by atoms with Gasteiger partial charge in [-0.25, -0.2) is 4.98 Å². The van der Waals surface area contributed by atoms with Gasteiger partial charge in [-0.3, -0.25) is 0 Å². The zero-order valence-electron chi connectivity index (χ0n) is 9.10. The van der Waals surface area contributed by atoms with Gasteiger partial charge in [-0.15, -0.1) is 0 Å². The van der Waals surface area contributed by atoms with Gasteiger partial charge in [0.1, 0.15) is 0 Å². The van der Waals surface area contributed by atoms with Crippen molar-refractivity contribution < 1.29 is 4.39 Å². The predicted molar refractivity (Wildman–Crippen MR) is 62.7 cm³/mol. The summed E-state index contributed by atoms with van der Waals surface area (Å²) in [7, 11) is 1.93. The maximum Gasteiger partial charge on any atom is 0.214 e. The minimum absolute atomic E-state index is 0.447. The van der Waals surface area contributed by atoms with Crippen LogP contribution in [0.2, 0.25) is 0 Å². The van der Waals surface area contributed by atoms with Gasteiger partial charge in [-0.05, 0) is 11.6 Å². The molecule has 0 aliphatic rings. The zero-order chi connectivity index (χ0) is 11.4. The highest BCUT2D eigenvalue weighted by molar-refractivity contribution is 5.44. The molecule has 2 aromatic rings. The first-order valence-corrected chi connectivity index (χ1v) is 5.12. The van der Waals surface area contributed by atoms with Crippen LogP contribution in [0.3, 0.4) is 0 Å². The Hall–Kier alpha value is -1.90. The minimum Gasteiger partial charge on any atom is -0.370 e. The summed E-state index contributed by atoms with van der Waals surface area (Å²) < 4.78 is 12.9. The third kappa shape index (κ3) is 2.57. The molecular formula is C13H13FN2. The molecule has 1 aromatic carbocycles. The number of aromatic nitrogens is 1. The summed E-state index contributed by atoms with van der Waals surface area (Å²) in [5.41, 5.74) is 2.03. The molecule has 0 saturated heterocycles. The Bertz CT molecular complexity index is 456. The van der Waals surface area contributed by atoms with Crippen LogP contribution in [-0.4, -0.2) is 12.0 Å². The number of pyridine rings is 1. The lowest BCUT2D eigenvalue weighted by Crippen LogP contribution is -2.16. The molecular weight excluding hydrogens is 203 g/mol. The number of hydrogen-bond donors (Lipinski definition) is 0. The van der Waals surface area contributed by atoms with Crippen LogP contribution < -0.4 is 4.90 Å². The number of anilines is 1. The lowest BCUT2D eigenvalue weighted by atomic mass is 10.2. The van der Waals surface area contributed by atoms with E-state index in [-0.39, 0.29) is 0 Å². The van der Waals surface area contributed by atoms with E-state index in [9.17, 15) is 4.39 Å². The van der Waals surface area contributed by atoms with Gasteiger partial charge in [-0.2, -0.15) is 4.39 Å². The van der Waals surface area contributed by atoms with Gasteiger partial charge < -0.3 is 4.90 Å². The highest BCUT2D eigenvalue weighted by Gasteiger charge is 2.03. The van der Waals surface area contributed by atoms with E-state index < -0.39 is 5.95 Å². The second kappa shape index (κ2) is 4.75. The SMILES string of the molecule is CN(Cc1ccccc1)c1ccnc(F)c1. The molecule has 0 fully saturated rings. The molecule has 0 bridgehead atoms. The van der Waals surface area contributed by atoms with E-state index >= 15 is 0 Å². The predicted octanol–water partition coefficient (Wildman–Crippen LogP) is 2.86. The van der Waals surface area contributed by atoms with Gasteiger partial charge in [0, 0.05) is 31.5 Å². The van der Waals surface area contributed by atoms with Gasteiger partial charge in [0.05, 0.1) is 0 Å². The van der Waals surface area contributed by atoms with Gasteiger partial charge in [0.2, 0.25) is 5.95 Å². The van der Waals surface area contributed by atoms with Crippen molar-refractivity contribution in [3.63, 3.8) is 0 Å². The molecule has 0 amide bonds. The van der Waals surface area contributed by atoms with Gasteiger partial charge in [-0.1, -0.05) is 30.3 Å². The third-order valence-corrected chi connectivity index (χ3v) is 2.41. The highest BCUT2D eigenvalue weighted by Crippen LogP contribution is 2.14. The van der Waals surface area contributed by atoms with Crippen LogP contribution in [0.1, 0.15) is 5.56 Å². The van der Waals surface area contributed by atoms with Crippen molar-refractivity contribution in [2.24, 2.45) is 0 Å². The molecule has 0 N–H and O–H groups in total. The number of halogens is 1. The number of rotatable bonds is 3. The Balaban J connectivity index is 2.12. The van der Waals surface area contributed by atoms with Crippen molar-refractivity contribution in [3.05, 3.63) is 60.2 Å². The van der Waals surface area contributed by atoms with E-state index in [1.807, 2.05) is 42.3 Å². The summed E-state index contributed by atoms with van der Waals surface area (Å²) >= 11 is 0. The van der Waals surface area contributed by atoms with Crippen LogP contribution in [0, 0.1) is 5.95 Å². The molecule has 0 radical (unpaired) electrons. The fraction of sp³-hybridized carbons (Fsp3) is 0.154. The first-order valence-electron chi connectivity index (χ1n) is 5.12. The molecule has 1 aromatic heterocycles. The van der Waals surface area contributed by atoms with Crippen molar-refractivity contribution in [2.75, 3.05) is 11.9 Å². The highest BCUT2D eigenvalue weighted by atomic mass is 19.1. The van der Waals surface area contributed by atoms with Crippen LogP contribution in [0.15, 0.2) is 48.7 Å². The fourth-order valence-electron chi connectivity index (χ4n) is 1.58. The van der Waals surface area contributed by atoms with Crippen molar-refractivity contribution in [1.29, 1.82) is 0 Å². The summed E-state index contributed by atoms with van der Waals surface area (Å²) in [6, 6.07) is 13.3. The molecule has 16 heavy (non-hydrogen) atoms. The average molecular weight is 216 g/mol. The monoisotopic (exact) mass is 216 g/mol. The number of benzene rings is 1.